The predicted octanol–water partition coefficient (Wildman–Crippen LogP) is 3.10. The number of methoxy groups -OCH3 is 1. The maximum absolute atomic E-state index is 12.7. The Balaban J connectivity index is 1.65. The third-order valence-electron chi connectivity index (χ3n) is 4.69. The van der Waals surface area contributed by atoms with E-state index in [1.165, 1.54) is 31.4 Å². The summed E-state index contributed by atoms with van der Waals surface area (Å²) >= 11 is 0. The molecular formula is C22H25N3O6S. The highest BCUT2D eigenvalue weighted by atomic mass is 32.2. The van der Waals surface area contributed by atoms with Gasteiger partial charge in [-0.25, -0.2) is 8.42 Å². The molecule has 3 rings (SSSR count). The summed E-state index contributed by atoms with van der Waals surface area (Å²) in [5.74, 6) is -0.104. The van der Waals surface area contributed by atoms with Crippen LogP contribution in [-0.2, 0) is 26.2 Å². The molecule has 32 heavy (non-hydrogen) atoms. The Kier molecular flexibility index (Phi) is 7.26. The first kappa shape index (κ1) is 23.4. The van der Waals surface area contributed by atoms with Crippen molar-refractivity contribution in [2.75, 3.05) is 7.11 Å². The van der Waals surface area contributed by atoms with Crippen molar-refractivity contribution in [3.05, 3.63) is 60.0 Å². The maximum Gasteiger partial charge on any atom is 0.324 e. The molecule has 3 aromatic rings. The van der Waals surface area contributed by atoms with E-state index in [9.17, 15) is 13.2 Å². The number of carbonyl (C=O) groups excluding carboxylic acids is 1. The average Bonchev–Trinajstić information content (AvgIpc) is 3.25. The van der Waals surface area contributed by atoms with E-state index in [-0.39, 0.29) is 23.3 Å². The molecule has 0 spiro atoms. The highest BCUT2D eigenvalue weighted by Crippen LogP contribution is 2.19. The summed E-state index contributed by atoms with van der Waals surface area (Å²) in [4.78, 5) is 16.9. The van der Waals surface area contributed by atoms with Gasteiger partial charge in [0.1, 0.15) is 11.8 Å². The zero-order chi connectivity index (χ0) is 23.3. The third-order valence-corrected chi connectivity index (χ3v) is 6.15. The van der Waals surface area contributed by atoms with Crippen molar-refractivity contribution >= 4 is 16.0 Å². The molecule has 0 aliphatic heterocycles. The lowest BCUT2D eigenvalue weighted by Gasteiger charge is -2.20. The lowest BCUT2D eigenvalue weighted by atomic mass is 10.1. The lowest BCUT2D eigenvalue weighted by molar-refractivity contribution is -0.148. The predicted molar refractivity (Wildman–Crippen MR) is 116 cm³/mol. The Morgan fingerprint density at radius 3 is 2.34 bits per heavy atom. The molecule has 0 aliphatic carbocycles. The SMILES string of the molecule is COc1ccc(S(=O)(=O)N[C@H](C(=O)OCc2nc(-c3ccc(C)cc3)no2)C(C)C)cc1. The van der Waals surface area contributed by atoms with Crippen molar-refractivity contribution in [3.63, 3.8) is 0 Å². The van der Waals surface area contributed by atoms with Gasteiger partial charge in [-0.1, -0.05) is 48.8 Å². The number of esters is 1. The third kappa shape index (κ3) is 5.71. The van der Waals surface area contributed by atoms with Gasteiger partial charge in [-0.05, 0) is 37.1 Å². The summed E-state index contributed by atoms with van der Waals surface area (Å²) in [5.41, 5.74) is 1.87. The summed E-state index contributed by atoms with van der Waals surface area (Å²) < 4.78 is 43.3. The van der Waals surface area contributed by atoms with Crippen LogP contribution in [0.15, 0.2) is 57.9 Å². The van der Waals surface area contributed by atoms with Crippen LogP contribution in [0, 0.1) is 12.8 Å². The second-order valence-electron chi connectivity index (χ2n) is 7.50. The quantitative estimate of drug-likeness (QED) is 0.485. The van der Waals surface area contributed by atoms with Crippen molar-refractivity contribution in [2.45, 2.75) is 38.3 Å². The molecule has 1 atom stereocenters. The van der Waals surface area contributed by atoms with Gasteiger partial charge in [-0.3, -0.25) is 4.79 Å². The molecule has 170 valence electrons. The molecule has 0 saturated heterocycles. The standard InChI is InChI=1S/C22H25N3O6S/c1-14(2)20(25-32(27,28)18-11-9-17(29-4)10-12-18)22(26)30-13-19-23-21(24-31-19)16-7-5-15(3)6-8-16/h5-12,14,20,25H,13H2,1-4H3/t20-/m0/s1. The molecule has 0 amide bonds. The molecule has 0 saturated carbocycles. The summed E-state index contributed by atoms with van der Waals surface area (Å²) in [5, 5.41) is 3.89. The molecule has 0 fully saturated rings. The van der Waals surface area contributed by atoms with Crippen LogP contribution in [0.4, 0.5) is 0 Å². The van der Waals surface area contributed by atoms with E-state index >= 15 is 0 Å². The molecule has 1 N–H and O–H groups in total. The first-order chi connectivity index (χ1) is 15.2. The Bertz CT molecular complexity index is 1160. The van der Waals surface area contributed by atoms with E-state index < -0.39 is 22.0 Å². The fourth-order valence-electron chi connectivity index (χ4n) is 2.80. The normalized spacial score (nSPS) is 12.5. The van der Waals surface area contributed by atoms with Crippen LogP contribution in [0.5, 0.6) is 5.75 Å². The number of sulfonamides is 1. The average molecular weight is 460 g/mol. The zero-order valence-corrected chi connectivity index (χ0v) is 19.0. The molecule has 0 aliphatic rings. The number of nitrogens with zero attached hydrogens (tertiary/aromatic N) is 2. The molecule has 10 heteroatoms. The number of carbonyl (C=O) groups is 1. The van der Waals surface area contributed by atoms with Gasteiger partial charge in [-0.2, -0.15) is 9.71 Å². The van der Waals surface area contributed by atoms with Crippen LogP contribution in [0.1, 0.15) is 25.3 Å². The molecule has 0 bridgehead atoms. The molecule has 0 radical (unpaired) electrons. The summed E-state index contributed by atoms with van der Waals surface area (Å²) in [6.07, 6.45) is 0. The minimum Gasteiger partial charge on any atom is -0.497 e. The number of aryl methyl sites for hydroxylation is 1. The minimum absolute atomic E-state index is 0.0105. The van der Waals surface area contributed by atoms with E-state index in [1.54, 1.807) is 13.8 Å². The fraction of sp³-hybridized carbons (Fsp3) is 0.318. The second-order valence-corrected chi connectivity index (χ2v) is 9.22. The van der Waals surface area contributed by atoms with Gasteiger partial charge in [0.15, 0.2) is 6.61 Å². The Morgan fingerprint density at radius 1 is 1.09 bits per heavy atom. The number of hydrogen-bond acceptors (Lipinski definition) is 8. The van der Waals surface area contributed by atoms with E-state index in [4.69, 9.17) is 14.0 Å². The second kappa shape index (κ2) is 9.92. The van der Waals surface area contributed by atoms with Crippen LogP contribution >= 0.6 is 0 Å². The molecular weight excluding hydrogens is 434 g/mol. The van der Waals surface area contributed by atoms with Gasteiger partial charge in [-0.15, -0.1) is 0 Å². The number of ether oxygens (including phenoxy) is 2. The van der Waals surface area contributed by atoms with Gasteiger partial charge in [0, 0.05) is 5.56 Å². The Morgan fingerprint density at radius 2 is 1.75 bits per heavy atom. The van der Waals surface area contributed by atoms with Crippen molar-refractivity contribution in [1.29, 1.82) is 0 Å². The van der Waals surface area contributed by atoms with E-state index in [0.29, 0.717) is 11.6 Å². The highest BCUT2D eigenvalue weighted by molar-refractivity contribution is 7.89. The van der Waals surface area contributed by atoms with E-state index in [2.05, 4.69) is 14.9 Å². The topological polar surface area (TPSA) is 121 Å². The summed E-state index contributed by atoms with van der Waals surface area (Å²) in [6, 6.07) is 12.3. The largest absolute Gasteiger partial charge is 0.497 e. The molecule has 1 aromatic heterocycles. The molecule has 1 heterocycles. The first-order valence-corrected chi connectivity index (χ1v) is 11.4. The fourth-order valence-corrected chi connectivity index (χ4v) is 4.14. The number of hydrogen-bond donors (Lipinski definition) is 1. The summed E-state index contributed by atoms with van der Waals surface area (Å²) in [7, 11) is -2.46. The van der Waals surface area contributed by atoms with Crippen molar-refractivity contribution in [2.24, 2.45) is 5.92 Å². The first-order valence-electron chi connectivity index (χ1n) is 9.92. The van der Waals surface area contributed by atoms with Crippen LogP contribution < -0.4 is 9.46 Å². The number of nitrogens with one attached hydrogen (secondary N) is 1. The van der Waals surface area contributed by atoms with Gasteiger partial charge < -0.3 is 14.0 Å². The van der Waals surface area contributed by atoms with Gasteiger partial charge in [0.2, 0.25) is 15.8 Å². The number of aromatic nitrogens is 2. The van der Waals surface area contributed by atoms with Crippen LogP contribution in [0.3, 0.4) is 0 Å². The van der Waals surface area contributed by atoms with Crippen molar-refractivity contribution < 1.29 is 27.2 Å². The number of benzene rings is 2. The van der Waals surface area contributed by atoms with Gasteiger partial charge in [0.05, 0.1) is 12.0 Å². The van der Waals surface area contributed by atoms with Crippen LogP contribution in [0.25, 0.3) is 11.4 Å². The molecule has 2 aromatic carbocycles. The Hall–Kier alpha value is -3.24. The summed E-state index contributed by atoms with van der Waals surface area (Å²) in [6.45, 7) is 5.12. The highest BCUT2D eigenvalue weighted by Gasteiger charge is 2.30. The monoisotopic (exact) mass is 459 g/mol. The minimum atomic E-state index is -3.95. The van der Waals surface area contributed by atoms with E-state index in [1.807, 2.05) is 31.2 Å². The van der Waals surface area contributed by atoms with Crippen molar-refractivity contribution in [3.8, 4) is 17.1 Å². The van der Waals surface area contributed by atoms with Gasteiger partial charge >= 0.3 is 5.97 Å². The van der Waals surface area contributed by atoms with Gasteiger partial charge in [0.25, 0.3) is 5.89 Å². The lowest BCUT2D eigenvalue weighted by Crippen LogP contribution is -2.45. The number of rotatable bonds is 9. The Labute approximate surface area is 186 Å². The van der Waals surface area contributed by atoms with Crippen LogP contribution in [0.2, 0.25) is 0 Å². The molecule has 0 unspecified atom stereocenters. The maximum atomic E-state index is 12.7. The smallest absolute Gasteiger partial charge is 0.324 e. The molecule has 9 nitrogen and oxygen atoms in total. The zero-order valence-electron chi connectivity index (χ0n) is 18.2. The van der Waals surface area contributed by atoms with E-state index in [0.717, 1.165) is 11.1 Å². The van der Waals surface area contributed by atoms with Crippen molar-refractivity contribution in [1.82, 2.24) is 14.9 Å². The van der Waals surface area contributed by atoms with Crippen LogP contribution in [-0.4, -0.2) is 37.7 Å².